The van der Waals surface area contributed by atoms with Crippen LogP contribution in [0.5, 0.6) is 0 Å². The second-order valence-electron chi connectivity index (χ2n) is 3.24. The zero-order valence-electron chi connectivity index (χ0n) is 8.76. The molecule has 1 aromatic rings. The molecular weight excluding hydrogens is 234 g/mol. The summed E-state index contributed by atoms with van der Waals surface area (Å²) in [5.41, 5.74) is 0.0729. The van der Waals surface area contributed by atoms with Crippen LogP contribution in [-0.2, 0) is 10.1 Å². The van der Waals surface area contributed by atoms with Crippen molar-refractivity contribution in [2.24, 2.45) is 0 Å². The van der Waals surface area contributed by atoms with Gasteiger partial charge in [-0.3, -0.25) is 9.35 Å². The number of amides is 1. The normalized spacial score (nSPS) is 11.4. The minimum absolute atomic E-state index is 0.0729. The van der Waals surface area contributed by atoms with Crippen molar-refractivity contribution >= 4 is 16.0 Å². The third kappa shape index (κ3) is 3.35. The first-order valence-corrected chi connectivity index (χ1v) is 6.23. The first-order chi connectivity index (χ1) is 7.45. The van der Waals surface area contributed by atoms with Gasteiger partial charge in [0.2, 0.25) is 5.09 Å². The van der Waals surface area contributed by atoms with Gasteiger partial charge in [0.15, 0.2) is 0 Å². The molecule has 6 nitrogen and oxygen atoms in total. The molecule has 0 saturated heterocycles. The number of nitrogens with one attached hydrogen (secondary N) is 1. The molecule has 0 aliphatic carbocycles. The lowest BCUT2D eigenvalue weighted by Crippen LogP contribution is -2.23. The molecule has 0 aromatic carbocycles. The Morgan fingerprint density at radius 1 is 1.56 bits per heavy atom. The van der Waals surface area contributed by atoms with Crippen LogP contribution in [0.4, 0.5) is 0 Å². The van der Waals surface area contributed by atoms with E-state index in [1.165, 1.54) is 0 Å². The Kier molecular flexibility index (Phi) is 4.08. The summed E-state index contributed by atoms with van der Waals surface area (Å²) in [6.45, 7) is 2.50. The van der Waals surface area contributed by atoms with Gasteiger partial charge in [0.25, 0.3) is 5.91 Å². The minimum atomic E-state index is -4.39. The number of carbonyl (C=O) groups excluding carboxylic acids is 1. The standard InChI is InChI=1S/C9H13NO5S/c1-2-3-4-10-9(11)7-5-8(15-6-7)16(12,13)14/h5-6H,2-4H2,1H3,(H,10,11)(H,12,13,14). The molecular formula is C9H13NO5S. The summed E-state index contributed by atoms with van der Waals surface area (Å²) in [6.07, 6.45) is 2.78. The van der Waals surface area contributed by atoms with Crippen LogP contribution in [-0.4, -0.2) is 25.4 Å². The molecule has 1 rings (SSSR count). The molecule has 0 fully saturated rings. The lowest BCUT2D eigenvalue weighted by atomic mass is 10.3. The summed E-state index contributed by atoms with van der Waals surface area (Å²) in [4.78, 5) is 11.4. The van der Waals surface area contributed by atoms with E-state index in [9.17, 15) is 13.2 Å². The van der Waals surface area contributed by atoms with E-state index in [-0.39, 0.29) is 5.56 Å². The molecule has 0 aliphatic rings. The number of unbranched alkanes of at least 4 members (excludes halogenated alkanes) is 1. The van der Waals surface area contributed by atoms with Crippen molar-refractivity contribution < 1.29 is 22.2 Å². The molecule has 0 aliphatic heterocycles. The molecule has 1 amide bonds. The van der Waals surface area contributed by atoms with Crippen molar-refractivity contribution in [3.63, 3.8) is 0 Å². The highest BCUT2D eigenvalue weighted by atomic mass is 32.2. The fraction of sp³-hybridized carbons (Fsp3) is 0.444. The van der Waals surface area contributed by atoms with Crippen molar-refractivity contribution in [3.8, 4) is 0 Å². The van der Waals surface area contributed by atoms with Gasteiger partial charge in [-0.25, -0.2) is 0 Å². The molecule has 7 heteroatoms. The lowest BCUT2D eigenvalue weighted by molar-refractivity contribution is 0.0952. The maximum atomic E-state index is 11.4. The molecule has 0 unspecified atom stereocenters. The van der Waals surface area contributed by atoms with Crippen LogP contribution in [0.2, 0.25) is 0 Å². The molecule has 0 radical (unpaired) electrons. The fourth-order valence-electron chi connectivity index (χ4n) is 1.05. The zero-order chi connectivity index (χ0) is 12.2. The maximum Gasteiger partial charge on any atom is 0.328 e. The predicted molar refractivity (Wildman–Crippen MR) is 55.8 cm³/mol. The second kappa shape index (κ2) is 5.13. The Labute approximate surface area is 93.4 Å². The molecule has 0 saturated carbocycles. The van der Waals surface area contributed by atoms with Gasteiger partial charge >= 0.3 is 10.1 Å². The second-order valence-corrected chi connectivity index (χ2v) is 4.59. The zero-order valence-corrected chi connectivity index (χ0v) is 9.58. The molecule has 1 aromatic heterocycles. The van der Waals surface area contributed by atoms with E-state index in [1.54, 1.807) is 0 Å². The van der Waals surface area contributed by atoms with Crippen LogP contribution in [0.25, 0.3) is 0 Å². The van der Waals surface area contributed by atoms with E-state index in [0.717, 1.165) is 25.2 Å². The van der Waals surface area contributed by atoms with Crippen LogP contribution in [0.3, 0.4) is 0 Å². The first-order valence-electron chi connectivity index (χ1n) is 4.79. The number of rotatable bonds is 5. The predicted octanol–water partition coefficient (Wildman–Crippen LogP) is 1.06. The Morgan fingerprint density at radius 2 is 2.25 bits per heavy atom. The van der Waals surface area contributed by atoms with Crippen molar-refractivity contribution in [1.82, 2.24) is 5.32 Å². The Morgan fingerprint density at radius 3 is 2.75 bits per heavy atom. The third-order valence-corrected chi connectivity index (χ3v) is 2.63. The Bertz CT molecular complexity index is 462. The van der Waals surface area contributed by atoms with Gasteiger partial charge in [0, 0.05) is 12.6 Å². The highest BCUT2D eigenvalue weighted by Gasteiger charge is 2.17. The highest BCUT2D eigenvalue weighted by molar-refractivity contribution is 7.85. The molecule has 0 atom stereocenters. The van der Waals surface area contributed by atoms with Gasteiger partial charge in [-0.2, -0.15) is 8.42 Å². The van der Waals surface area contributed by atoms with Crippen molar-refractivity contribution in [3.05, 3.63) is 17.9 Å². The van der Waals surface area contributed by atoms with E-state index >= 15 is 0 Å². The molecule has 0 spiro atoms. The number of hydrogen-bond acceptors (Lipinski definition) is 4. The van der Waals surface area contributed by atoms with Crippen molar-refractivity contribution in [2.45, 2.75) is 24.9 Å². The highest BCUT2D eigenvalue weighted by Crippen LogP contribution is 2.13. The largest absolute Gasteiger partial charge is 0.450 e. The number of hydrogen-bond donors (Lipinski definition) is 2. The Hall–Kier alpha value is -1.34. The molecule has 1 heterocycles. The average Bonchev–Trinajstić information content (AvgIpc) is 2.66. The van der Waals surface area contributed by atoms with Crippen LogP contribution in [0.15, 0.2) is 21.8 Å². The molecule has 0 bridgehead atoms. The number of furan rings is 1. The Balaban J connectivity index is 2.68. The summed E-state index contributed by atoms with van der Waals surface area (Å²) in [5.74, 6) is -0.424. The summed E-state index contributed by atoms with van der Waals surface area (Å²) in [6, 6.07) is 0.983. The van der Waals surface area contributed by atoms with Gasteiger partial charge in [-0.05, 0) is 6.42 Å². The summed E-state index contributed by atoms with van der Waals surface area (Å²) in [7, 11) is -4.39. The SMILES string of the molecule is CCCCNC(=O)c1coc(S(=O)(=O)O)c1. The van der Waals surface area contributed by atoms with Crippen LogP contribution < -0.4 is 5.32 Å². The minimum Gasteiger partial charge on any atom is -0.450 e. The van der Waals surface area contributed by atoms with Gasteiger partial charge < -0.3 is 9.73 Å². The fourth-order valence-corrected chi connectivity index (χ4v) is 1.50. The van der Waals surface area contributed by atoms with Gasteiger partial charge in [0.1, 0.15) is 6.26 Å². The van der Waals surface area contributed by atoms with Crippen molar-refractivity contribution in [1.29, 1.82) is 0 Å². The topological polar surface area (TPSA) is 96.6 Å². The summed E-state index contributed by atoms with van der Waals surface area (Å²) >= 11 is 0. The van der Waals surface area contributed by atoms with E-state index in [4.69, 9.17) is 4.55 Å². The van der Waals surface area contributed by atoms with Gasteiger partial charge in [-0.1, -0.05) is 13.3 Å². The van der Waals surface area contributed by atoms with E-state index in [1.807, 2.05) is 6.92 Å². The molecule has 16 heavy (non-hydrogen) atoms. The average molecular weight is 247 g/mol. The smallest absolute Gasteiger partial charge is 0.328 e. The summed E-state index contributed by atoms with van der Waals surface area (Å²) < 4.78 is 34.5. The molecule has 2 N–H and O–H groups in total. The monoisotopic (exact) mass is 247 g/mol. The van der Waals surface area contributed by atoms with E-state index in [0.29, 0.717) is 6.54 Å². The van der Waals surface area contributed by atoms with Crippen LogP contribution in [0.1, 0.15) is 30.1 Å². The van der Waals surface area contributed by atoms with E-state index in [2.05, 4.69) is 9.73 Å². The van der Waals surface area contributed by atoms with E-state index < -0.39 is 21.1 Å². The van der Waals surface area contributed by atoms with Crippen LogP contribution >= 0.6 is 0 Å². The van der Waals surface area contributed by atoms with Gasteiger partial charge in [0.05, 0.1) is 5.56 Å². The maximum absolute atomic E-state index is 11.4. The first kappa shape index (κ1) is 12.7. The molecule has 90 valence electrons. The van der Waals surface area contributed by atoms with Crippen LogP contribution in [0, 0.1) is 0 Å². The number of carbonyl (C=O) groups is 1. The van der Waals surface area contributed by atoms with Crippen molar-refractivity contribution in [2.75, 3.05) is 6.54 Å². The lowest BCUT2D eigenvalue weighted by Gasteiger charge is -2.00. The third-order valence-electron chi connectivity index (χ3n) is 1.91. The van der Waals surface area contributed by atoms with Gasteiger partial charge in [-0.15, -0.1) is 0 Å². The summed E-state index contributed by atoms with van der Waals surface area (Å²) in [5, 5.41) is 1.96. The quantitative estimate of drug-likeness (QED) is 0.599.